The molecule has 0 bridgehead atoms. The van der Waals surface area contributed by atoms with Crippen molar-refractivity contribution in [2.45, 2.75) is 70.9 Å². The molecule has 2 aromatic carbocycles. The van der Waals surface area contributed by atoms with Crippen LogP contribution < -0.4 is 0 Å². The van der Waals surface area contributed by atoms with E-state index in [9.17, 15) is 18.8 Å². The second-order valence-electron chi connectivity index (χ2n) is 9.84. The standard InChI is InChI=1S/C28H32FNO5/c1-18-3-2-4-22(27(18)29)16-24(31)14-20-5-8-23-17-30(12-11-21(23)13-20)28(34)35-25-9-6-19(7-10-25)15-26(32)33/h2-5,8,13,19,25H,6-7,9-12,14-17H2,1H3,(H,32,33). The molecule has 0 aromatic heterocycles. The number of carbonyl (C=O) groups is 3. The lowest BCUT2D eigenvalue weighted by atomic mass is 9.85. The summed E-state index contributed by atoms with van der Waals surface area (Å²) in [6.45, 7) is 2.70. The van der Waals surface area contributed by atoms with Crippen molar-refractivity contribution in [2.75, 3.05) is 6.54 Å². The topological polar surface area (TPSA) is 83.9 Å². The third-order valence-electron chi connectivity index (χ3n) is 7.13. The highest BCUT2D eigenvalue weighted by atomic mass is 19.1. The molecule has 1 saturated carbocycles. The number of fused-ring (bicyclic) bond motifs is 1. The first-order valence-electron chi connectivity index (χ1n) is 12.3. The van der Waals surface area contributed by atoms with Gasteiger partial charge in [-0.15, -0.1) is 0 Å². The summed E-state index contributed by atoms with van der Waals surface area (Å²) in [5.41, 5.74) is 4.03. The van der Waals surface area contributed by atoms with E-state index in [-0.39, 0.29) is 49.0 Å². The lowest BCUT2D eigenvalue weighted by Crippen LogP contribution is -2.39. The third-order valence-corrected chi connectivity index (χ3v) is 7.13. The summed E-state index contributed by atoms with van der Waals surface area (Å²) in [6.07, 6.45) is 3.66. The van der Waals surface area contributed by atoms with Crippen molar-refractivity contribution in [1.82, 2.24) is 4.90 Å². The number of hydrogen-bond donors (Lipinski definition) is 1. The number of rotatable bonds is 7. The molecule has 2 aliphatic rings. The van der Waals surface area contributed by atoms with Gasteiger partial charge in [-0.2, -0.15) is 0 Å². The molecule has 0 saturated heterocycles. The van der Waals surface area contributed by atoms with Gasteiger partial charge in [0.2, 0.25) is 0 Å². The van der Waals surface area contributed by atoms with Gasteiger partial charge in [0, 0.05) is 32.4 Å². The number of carbonyl (C=O) groups excluding carboxylic acids is 2. The van der Waals surface area contributed by atoms with Gasteiger partial charge in [0.1, 0.15) is 17.7 Å². The van der Waals surface area contributed by atoms with E-state index in [0.29, 0.717) is 43.5 Å². The van der Waals surface area contributed by atoms with E-state index in [1.165, 1.54) is 0 Å². The fourth-order valence-corrected chi connectivity index (χ4v) is 5.14. The zero-order valence-corrected chi connectivity index (χ0v) is 20.1. The average Bonchev–Trinajstić information content (AvgIpc) is 2.82. The number of halogens is 1. The van der Waals surface area contributed by atoms with E-state index >= 15 is 0 Å². The summed E-state index contributed by atoms with van der Waals surface area (Å²) in [5, 5.41) is 8.94. The summed E-state index contributed by atoms with van der Waals surface area (Å²) < 4.78 is 19.9. The number of hydrogen-bond acceptors (Lipinski definition) is 4. The SMILES string of the molecule is Cc1cccc(CC(=O)Cc2ccc3c(c2)CCN(C(=O)OC2CCC(CC(=O)O)CC2)C3)c1F. The van der Waals surface area contributed by atoms with Gasteiger partial charge in [-0.3, -0.25) is 9.59 Å². The first kappa shape index (κ1) is 24.9. The van der Waals surface area contributed by atoms with Crippen molar-refractivity contribution in [1.29, 1.82) is 0 Å². The van der Waals surface area contributed by atoms with Gasteiger partial charge in [0.05, 0.1) is 0 Å². The van der Waals surface area contributed by atoms with Gasteiger partial charge in [-0.25, -0.2) is 9.18 Å². The average molecular weight is 482 g/mol. The summed E-state index contributed by atoms with van der Waals surface area (Å²) in [4.78, 5) is 37.8. The molecule has 2 aromatic rings. The molecular weight excluding hydrogens is 449 g/mol. The third kappa shape index (κ3) is 6.47. The van der Waals surface area contributed by atoms with Gasteiger partial charge >= 0.3 is 12.1 Å². The molecule has 0 spiro atoms. The summed E-state index contributed by atoms with van der Waals surface area (Å²) in [5.74, 6) is -0.952. The number of aryl methyl sites for hydroxylation is 1. The van der Waals surface area contributed by atoms with Crippen molar-refractivity contribution >= 4 is 17.8 Å². The van der Waals surface area contributed by atoms with Crippen LogP contribution in [0.2, 0.25) is 0 Å². The largest absolute Gasteiger partial charge is 0.481 e. The Bertz CT molecular complexity index is 1110. The number of carboxylic acids is 1. The molecular formula is C28H32FNO5. The van der Waals surface area contributed by atoms with Crippen LogP contribution in [0.5, 0.6) is 0 Å². The van der Waals surface area contributed by atoms with Crippen LogP contribution in [0.15, 0.2) is 36.4 Å². The lowest BCUT2D eigenvalue weighted by Gasteiger charge is -2.32. The Hall–Kier alpha value is -3.22. The smallest absolute Gasteiger partial charge is 0.410 e. The zero-order valence-electron chi connectivity index (χ0n) is 20.1. The predicted octanol–water partition coefficient (Wildman–Crippen LogP) is 5.02. The minimum atomic E-state index is -0.773. The monoisotopic (exact) mass is 481 g/mol. The molecule has 186 valence electrons. The molecule has 0 atom stereocenters. The highest BCUT2D eigenvalue weighted by Crippen LogP contribution is 2.29. The number of nitrogens with zero attached hydrogens (tertiary/aromatic N) is 1. The summed E-state index contributed by atoms with van der Waals surface area (Å²) in [7, 11) is 0. The molecule has 35 heavy (non-hydrogen) atoms. The number of ether oxygens (including phenoxy) is 1. The molecule has 7 heteroatoms. The number of Topliss-reactive ketones (excluding diaryl/α,β-unsaturated/α-hetero) is 1. The highest BCUT2D eigenvalue weighted by Gasteiger charge is 2.28. The van der Waals surface area contributed by atoms with E-state index in [0.717, 1.165) is 29.5 Å². The minimum Gasteiger partial charge on any atom is -0.481 e. The predicted molar refractivity (Wildman–Crippen MR) is 129 cm³/mol. The Morgan fingerprint density at radius 1 is 1.06 bits per heavy atom. The second-order valence-corrected chi connectivity index (χ2v) is 9.84. The Balaban J connectivity index is 1.28. The van der Waals surface area contributed by atoms with E-state index in [4.69, 9.17) is 9.84 Å². The zero-order chi connectivity index (χ0) is 24.9. The van der Waals surface area contributed by atoms with Crippen molar-refractivity contribution < 1.29 is 28.6 Å². The molecule has 0 radical (unpaired) electrons. The number of amides is 1. The van der Waals surface area contributed by atoms with Crippen molar-refractivity contribution in [3.63, 3.8) is 0 Å². The molecule has 1 aliphatic carbocycles. The molecule has 1 aliphatic heterocycles. The maximum Gasteiger partial charge on any atom is 0.410 e. The van der Waals surface area contributed by atoms with E-state index in [1.54, 1.807) is 30.0 Å². The Kier molecular flexibility index (Phi) is 7.83. The second kappa shape index (κ2) is 11.0. The van der Waals surface area contributed by atoms with Crippen molar-refractivity contribution in [2.24, 2.45) is 5.92 Å². The number of aliphatic carboxylic acids is 1. The van der Waals surface area contributed by atoms with Gasteiger partial charge in [-0.1, -0.05) is 36.4 Å². The van der Waals surface area contributed by atoms with Crippen LogP contribution in [0, 0.1) is 18.7 Å². The van der Waals surface area contributed by atoms with Crippen LogP contribution in [0.3, 0.4) is 0 Å². The molecule has 1 fully saturated rings. The molecule has 6 nitrogen and oxygen atoms in total. The van der Waals surface area contributed by atoms with Crippen LogP contribution in [0.4, 0.5) is 9.18 Å². The van der Waals surface area contributed by atoms with Crippen LogP contribution in [-0.4, -0.2) is 40.5 Å². The maximum atomic E-state index is 14.2. The fourth-order valence-electron chi connectivity index (χ4n) is 5.14. The normalized spacial score (nSPS) is 19.7. The van der Waals surface area contributed by atoms with Crippen molar-refractivity contribution in [3.05, 3.63) is 70.0 Å². The molecule has 1 heterocycles. The van der Waals surface area contributed by atoms with E-state index in [1.807, 2.05) is 18.2 Å². The van der Waals surface area contributed by atoms with Gasteiger partial charge in [-0.05, 0) is 72.8 Å². The first-order valence-corrected chi connectivity index (χ1v) is 12.3. The van der Waals surface area contributed by atoms with Crippen LogP contribution >= 0.6 is 0 Å². The van der Waals surface area contributed by atoms with Crippen LogP contribution in [-0.2, 0) is 40.1 Å². The van der Waals surface area contributed by atoms with Gasteiger partial charge in [0.25, 0.3) is 0 Å². The Labute approximate surface area is 205 Å². The highest BCUT2D eigenvalue weighted by molar-refractivity contribution is 5.83. The van der Waals surface area contributed by atoms with E-state index in [2.05, 4.69) is 0 Å². The fraction of sp³-hybridized carbons (Fsp3) is 0.464. The maximum absolute atomic E-state index is 14.2. The molecule has 4 rings (SSSR count). The molecule has 1 N–H and O–H groups in total. The van der Waals surface area contributed by atoms with Crippen LogP contribution in [0.1, 0.15) is 59.9 Å². The summed E-state index contributed by atoms with van der Waals surface area (Å²) in [6, 6.07) is 11.0. The lowest BCUT2D eigenvalue weighted by molar-refractivity contribution is -0.138. The minimum absolute atomic E-state index is 0.0338. The van der Waals surface area contributed by atoms with Gasteiger partial charge in [0.15, 0.2) is 0 Å². The van der Waals surface area contributed by atoms with E-state index < -0.39 is 5.97 Å². The molecule has 0 unspecified atom stereocenters. The quantitative estimate of drug-likeness (QED) is 0.601. The Morgan fingerprint density at radius 3 is 2.57 bits per heavy atom. The number of benzene rings is 2. The Morgan fingerprint density at radius 2 is 1.83 bits per heavy atom. The summed E-state index contributed by atoms with van der Waals surface area (Å²) >= 11 is 0. The van der Waals surface area contributed by atoms with Crippen molar-refractivity contribution in [3.8, 4) is 0 Å². The first-order chi connectivity index (χ1) is 16.8. The number of carboxylic acid groups (broad SMARTS) is 1. The van der Waals surface area contributed by atoms with Crippen LogP contribution in [0.25, 0.3) is 0 Å². The molecule has 1 amide bonds. The van der Waals surface area contributed by atoms with Gasteiger partial charge < -0.3 is 14.7 Å². The number of ketones is 1.